The normalized spacial score (nSPS) is 12.8. The molecule has 0 N–H and O–H groups in total. The van der Waals surface area contributed by atoms with Gasteiger partial charge in [-0.3, -0.25) is 0 Å². The maximum Gasteiger partial charge on any atom is 0.330 e. The molecule has 380 valence electrons. The molecule has 0 heterocycles. The zero-order valence-corrected chi connectivity index (χ0v) is 44.1. The maximum atomic E-state index is 12.9. The van der Waals surface area contributed by atoms with Crippen molar-refractivity contribution in [2.75, 3.05) is 0 Å². The van der Waals surface area contributed by atoms with Gasteiger partial charge in [-0.05, 0) is 119 Å². The second-order valence-electron chi connectivity index (χ2n) is 18.2. The lowest BCUT2D eigenvalue weighted by Crippen LogP contribution is -2.18. The molecule has 0 amide bonds. The second kappa shape index (κ2) is 24.4. The van der Waals surface area contributed by atoms with E-state index in [9.17, 15) is 19.2 Å². The molecule has 9 nitrogen and oxygen atoms in total. The molecular weight excluding hydrogens is 977 g/mol. The van der Waals surface area contributed by atoms with Crippen LogP contribution in [-0.2, 0) is 63.8 Å². The van der Waals surface area contributed by atoms with Gasteiger partial charge in [0, 0.05) is 70.6 Å². The largest absolute Gasteiger partial charge is 0.459 e. The number of ether oxygens (including phenoxy) is 5. The molecule has 4 atom stereocenters. The molecule has 8 rings (SSSR count). The second-order valence-corrected chi connectivity index (χ2v) is 20.4. The van der Waals surface area contributed by atoms with E-state index < -0.39 is 48.3 Å². The Morgan fingerprint density at radius 2 is 0.667 bits per heavy atom. The lowest BCUT2D eigenvalue weighted by atomic mass is 9.86. The zero-order valence-electron chi connectivity index (χ0n) is 42.5. The van der Waals surface area contributed by atoms with E-state index in [1.807, 2.05) is 88.4 Å². The van der Waals surface area contributed by atoms with Crippen molar-refractivity contribution in [2.24, 2.45) is 0 Å². The van der Waals surface area contributed by atoms with Gasteiger partial charge in [-0.2, -0.15) is 0 Å². The average molecular weight is 1040 g/mol. The molecule has 0 fully saturated rings. The summed E-state index contributed by atoms with van der Waals surface area (Å²) in [6.45, 7) is 22.1. The third-order valence-electron chi connectivity index (χ3n) is 12.7. The van der Waals surface area contributed by atoms with Crippen LogP contribution in [0.4, 0.5) is 0 Å². The van der Waals surface area contributed by atoms with Crippen molar-refractivity contribution in [3.63, 3.8) is 0 Å². The molecule has 0 aromatic heterocycles. The van der Waals surface area contributed by atoms with Gasteiger partial charge in [0.1, 0.15) is 35.9 Å². The first kappa shape index (κ1) is 53.4. The van der Waals surface area contributed by atoms with E-state index in [1.54, 1.807) is 23.5 Å². The highest BCUT2D eigenvalue weighted by Crippen LogP contribution is 2.52. The van der Waals surface area contributed by atoms with E-state index in [4.69, 9.17) is 23.7 Å². The Morgan fingerprint density at radius 1 is 0.387 bits per heavy atom. The summed E-state index contributed by atoms with van der Waals surface area (Å²) >= 11 is 3.11. The monoisotopic (exact) mass is 1030 g/mol. The van der Waals surface area contributed by atoms with Crippen molar-refractivity contribution in [1.29, 1.82) is 0 Å². The van der Waals surface area contributed by atoms with Gasteiger partial charge in [-0.15, -0.1) is 0 Å². The minimum Gasteiger partial charge on any atom is -0.459 e. The van der Waals surface area contributed by atoms with Crippen LogP contribution in [0.1, 0.15) is 49.9 Å². The highest BCUT2D eigenvalue weighted by molar-refractivity contribution is 7.99. The van der Waals surface area contributed by atoms with Crippen molar-refractivity contribution in [3.05, 3.63) is 206 Å². The summed E-state index contributed by atoms with van der Waals surface area (Å²) in [4.78, 5) is 54.6. The van der Waals surface area contributed by atoms with Crippen molar-refractivity contribution in [1.82, 2.24) is 0 Å². The third kappa shape index (κ3) is 12.4. The van der Waals surface area contributed by atoms with Gasteiger partial charge in [-0.1, -0.05) is 147 Å². The topological polar surface area (TPSA) is 114 Å². The fraction of sp³-hybridized carbons (Fsp3) is 0.188. The highest BCUT2D eigenvalue weighted by atomic mass is 32.2. The number of hydrogen-bond acceptors (Lipinski definition) is 11. The number of hydrogen-bond donors (Lipinski definition) is 0. The van der Waals surface area contributed by atoms with E-state index in [2.05, 4.69) is 99.1 Å². The predicted octanol–water partition coefficient (Wildman–Crippen LogP) is 15.0. The summed E-state index contributed by atoms with van der Waals surface area (Å²) < 4.78 is 31.5. The summed E-state index contributed by atoms with van der Waals surface area (Å²) in [6, 6.07) is 44.7. The Balaban J connectivity index is 1.53. The smallest absolute Gasteiger partial charge is 0.330 e. The number of esters is 4. The molecule has 8 aromatic rings. The molecule has 4 unspecified atom stereocenters. The Hall–Kier alpha value is -7.86. The van der Waals surface area contributed by atoms with E-state index in [0.717, 1.165) is 109 Å². The first-order chi connectivity index (χ1) is 36.3. The molecule has 0 saturated carbocycles. The summed E-state index contributed by atoms with van der Waals surface area (Å²) in [5, 5.41) is 6.96. The lowest BCUT2D eigenvalue weighted by molar-refractivity contribution is -0.143. The number of carbonyl (C=O) groups excluding carboxylic acids is 4. The molecule has 0 aliphatic carbocycles. The maximum absolute atomic E-state index is 12.9. The van der Waals surface area contributed by atoms with Crippen LogP contribution in [-0.4, -0.2) is 48.3 Å². The van der Waals surface area contributed by atoms with E-state index >= 15 is 0 Å². The van der Waals surface area contributed by atoms with Crippen molar-refractivity contribution < 1.29 is 42.9 Å². The fourth-order valence-electron chi connectivity index (χ4n) is 9.67. The molecule has 0 spiro atoms. The SMILES string of the molecule is C=CC(=O)OC(C)Cc1c2ccccc2c(CC(C)OC(=O)C=C)c2c(Oc3c(Sc4ccccc4)ccc4c(CC(C)OC(=O)C=C)c5ccccc5c(CC(C)OC(=O)C=C)c34)c(Sc3ccccc3)ccc12. The molecule has 0 aliphatic heterocycles. The van der Waals surface area contributed by atoms with Crippen LogP contribution in [0.25, 0.3) is 43.1 Å². The number of benzene rings is 8. The number of fused-ring (bicyclic) bond motifs is 4. The highest BCUT2D eigenvalue weighted by Gasteiger charge is 2.29. The molecule has 0 aliphatic rings. The molecule has 0 saturated heterocycles. The Bertz CT molecular complexity index is 3260. The molecule has 8 aromatic carbocycles. The first-order valence-corrected chi connectivity index (χ1v) is 26.4. The predicted molar refractivity (Wildman–Crippen MR) is 302 cm³/mol. The quantitative estimate of drug-likeness (QED) is 0.0280. The van der Waals surface area contributed by atoms with Gasteiger partial charge >= 0.3 is 23.9 Å². The van der Waals surface area contributed by atoms with Gasteiger partial charge in [-0.25, -0.2) is 19.2 Å². The van der Waals surface area contributed by atoms with Crippen LogP contribution in [0.5, 0.6) is 11.5 Å². The molecule has 0 bridgehead atoms. The van der Waals surface area contributed by atoms with Gasteiger partial charge < -0.3 is 23.7 Å². The Kier molecular flexibility index (Phi) is 17.4. The van der Waals surface area contributed by atoms with Gasteiger partial charge in [0.25, 0.3) is 0 Å². The average Bonchev–Trinajstić information content (AvgIpc) is 3.41. The molecule has 11 heteroatoms. The third-order valence-corrected chi connectivity index (χ3v) is 14.8. The van der Waals surface area contributed by atoms with E-state index in [0.29, 0.717) is 37.2 Å². The number of carbonyl (C=O) groups is 4. The summed E-state index contributed by atoms with van der Waals surface area (Å²) in [7, 11) is 0. The van der Waals surface area contributed by atoms with Crippen LogP contribution in [0.15, 0.2) is 204 Å². The summed E-state index contributed by atoms with van der Waals surface area (Å²) in [6.07, 6.45) is 3.65. The minimum absolute atomic E-state index is 0.294. The van der Waals surface area contributed by atoms with Crippen molar-refractivity contribution in [2.45, 2.75) is 97.4 Å². The standard InChI is InChI=1S/C64H58O9S2/c1-9-57(65)69-39(5)35-51-45-27-19-21-29-47(45)53(37-41(7)71-59(67)11-3)61-49(51)31-33-55(74-43-23-15-13-16-24-43)63(61)73-64-56(75-44-25-17-14-18-26-44)34-32-50-52(36-40(6)70-58(66)10-2)46-28-20-22-30-48(46)54(62(50)64)38-42(8)72-60(68)12-4/h9-34,39-42H,1-4,35-38H2,5-8H3. The van der Waals surface area contributed by atoms with Crippen LogP contribution < -0.4 is 4.74 Å². The van der Waals surface area contributed by atoms with Crippen molar-refractivity contribution in [3.8, 4) is 11.5 Å². The zero-order chi connectivity index (χ0) is 53.2. The lowest BCUT2D eigenvalue weighted by Gasteiger charge is -2.26. The van der Waals surface area contributed by atoms with Crippen LogP contribution in [0, 0.1) is 0 Å². The number of rotatable bonds is 22. The Morgan fingerprint density at radius 3 is 0.973 bits per heavy atom. The molecular formula is C64H58O9S2. The van der Waals surface area contributed by atoms with Crippen LogP contribution >= 0.6 is 23.5 Å². The van der Waals surface area contributed by atoms with E-state index in [-0.39, 0.29) is 0 Å². The molecule has 75 heavy (non-hydrogen) atoms. The van der Waals surface area contributed by atoms with Gasteiger partial charge in [0.2, 0.25) is 0 Å². The van der Waals surface area contributed by atoms with Crippen LogP contribution in [0.3, 0.4) is 0 Å². The van der Waals surface area contributed by atoms with Gasteiger partial charge in [0.15, 0.2) is 0 Å². The Labute approximate surface area is 446 Å². The van der Waals surface area contributed by atoms with Crippen molar-refractivity contribution >= 4 is 90.5 Å². The summed E-state index contributed by atoms with van der Waals surface area (Å²) in [5.74, 6) is -1.05. The van der Waals surface area contributed by atoms with E-state index in [1.165, 1.54) is 0 Å². The molecule has 0 radical (unpaired) electrons. The van der Waals surface area contributed by atoms with Crippen LogP contribution in [0.2, 0.25) is 0 Å². The fourth-order valence-corrected chi connectivity index (χ4v) is 11.5. The first-order valence-electron chi connectivity index (χ1n) is 24.7. The minimum atomic E-state index is -0.599. The van der Waals surface area contributed by atoms with Gasteiger partial charge in [0.05, 0.1) is 9.79 Å². The summed E-state index contributed by atoms with van der Waals surface area (Å²) in [5.41, 5.74) is 3.61.